The molecule has 0 radical (unpaired) electrons. The Morgan fingerprint density at radius 1 is 1.05 bits per heavy atom. The minimum Gasteiger partial charge on any atom is -0.460 e. The van der Waals surface area contributed by atoms with Crippen LogP contribution >= 0.6 is 0 Å². The highest BCUT2D eigenvalue weighted by Gasteiger charge is 2.17. The molecule has 4 rings (SSSR count). The molecule has 0 aliphatic heterocycles. The normalized spacial score (nSPS) is 12.2. The predicted octanol–water partition coefficient (Wildman–Crippen LogP) is 2.56. The molecule has 6 nitrogen and oxygen atoms in total. The molecule has 20 heavy (non-hydrogen) atoms. The van der Waals surface area contributed by atoms with Crippen LogP contribution in [-0.2, 0) is 12.8 Å². The molecule has 0 saturated carbocycles. The molecule has 4 aromatic heterocycles. The molecule has 0 spiro atoms. The lowest BCUT2D eigenvalue weighted by molar-refractivity contribution is 0.579. The fraction of sp³-hybridized carbons (Fsp3) is 0.357. The topological polar surface area (TPSA) is 60.6 Å². The maximum atomic E-state index is 5.73. The summed E-state index contributed by atoms with van der Waals surface area (Å²) in [6.07, 6.45) is 1.64. The van der Waals surface area contributed by atoms with Crippen molar-refractivity contribution in [2.45, 2.75) is 33.6 Å². The Balaban J connectivity index is 2.25. The maximum absolute atomic E-state index is 5.73. The number of aromatic nitrogens is 5. The lowest BCUT2D eigenvalue weighted by Crippen LogP contribution is -2.07. The smallest absolute Gasteiger partial charge is 0.202 e. The Kier molecular flexibility index (Phi) is 2.19. The molecule has 0 aliphatic rings. The highest BCUT2D eigenvalue weighted by atomic mass is 16.3. The Morgan fingerprint density at radius 2 is 1.85 bits per heavy atom. The summed E-state index contributed by atoms with van der Waals surface area (Å²) >= 11 is 0. The van der Waals surface area contributed by atoms with Gasteiger partial charge in [-0.1, -0.05) is 13.8 Å². The SMILES string of the molecule is CCc1nnc2c3cc4oc(C)cc4n3c(CC)nn12. The third-order valence-electron chi connectivity index (χ3n) is 3.65. The molecule has 0 amide bonds. The number of fused-ring (bicyclic) bond motifs is 5. The van der Waals surface area contributed by atoms with Crippen LogP contribution in [-0.4, -0.2) is 24.2 Å². The van der Waals surface area contributed by atoms with Gasteiger partial charge in [0.25, 0.3) is 0 Å². The first-order chi connectivity index (χ1) is 9.72. The second-order valence-electron chi connectivity index (χ2n) is 4.95. The van der Waals surface area contributed by atoms with Crippen molar-refractivity contribution in [3.63, 3.8) is 0 Å². The first kappa shape index (κ1) is 11.5. The monoisotopic (exact) mass is 269 g/mol. The van der Waals surface area contributed by atoms with Gasteiger partial charge in [-0.15, -0.1) is 10.2 Å². The third kappa shape index (κ3) is 1.31. The lowest BCUT2D eigenvalue weighted by Gasteiger charge is -2.05. The molecule has 0 aliphatic carbocycles. The number of furan rings is 1. The van der Waals surface area contributed by atoms with Crippen LogP contribution in [0.25, 0.3) is 22.3 Å². The van der Waals surface area contributed by atoms with Gasteiger partial charge in [0, 0.05) is 25.0 Å². The molecule has 0 saturated heterocycles. The zero-order valence-electron chi connectivity index (χ0n) is 11.7. The summed E-state index contributed by atoms with van der Waals surface area (Å²) in [6.45, 7) is 6.11. The molecule has 0 N–H and O–H groups in total. The summed E-state index contributed by atoms with van der Waals surface area (Å²) in [5.41, 5.74) is 3.69. The summed E-state index contributed by atoms with van der Waals surface area (Å²) in [5.74, 6) is 2.77. The second-order valence-corrected chi connectivity index (χ2v) is 4.95. The molecule has 4 aromatic rings. The molecule has 4 heterocycles. The van der Waals surface area contributed by atoms with Gasteiger partial charge >= 0.3 is 0 Å². The molecule has 0 atom stereocenters. The van der Waals surface area contributed by atoms with Crippen molar-refractivity contribution < 1.29 is 4.42 Å². The van der Waals surface area contributed by atoms with E-state index in [2.05, 4.69) is 28.4 Å². The number of nitrogens with zero attached hydrogens (tertiary/aromatic N) is 5. The minimum atomic E-state index is 0.781. The van der Waals surface area contributed by atoms with Crippen LogP contribution in [0, 0.1) is 6.92 Å². The number of rotatable bonds is 2. The van der Waals surface area contributed by atoms with E-state index in [4.69, 9.17) is 9.52 Å². The van der Waals surface area contributed by atoms with Gasteiger partial charge in [-0.05, 0) is 6.92 Å². The molecule has 0 bridgehead atoms. The largest absolute Gasteiger partial charge is 0.460 e. The molecule has 6 heteroatoms. The lowest BCUT2D eigenvalue weighted by atomic mass is 10.4. The average Bonchev–Trinajstić information content (AvgIpc) is 3.08. The summed E-state index contributed by atoms with van der Waals surface area (Å²) in [7, 11) is 0. The summed E-state index contributed by atoms with van der Waals surface area (Å²) < 4.78 is 9.70. The van der Waals surface area contributed by atoms with Crippen LogP contribution in [0.4, 0.5) is 0 Å². The minimum absolute atomic E-state index is 0.781. The van der Waals surface area contributed by atoms with Gasteiger partial charge in [-0.2, -0.15) is 9.61 Å². The fourth-order valence-electron chi connectivity index (χ4n) is 2.74. The van der Waals surface area contributed by atoms with Crippen LogP contribution in [0.15, 0.2) is 16.5 Å². The van der Waals surface area contributed by atoms with Gasteiger partial charge in [0.05, 0.1) is 11.0 Å². The van der Waals surface area contributed by atoms with Crippen molar-refractivity contribution in [3.05, 3.63) is 29.5 Å². The van der Waals surface area contributed by atoms with Gasteiger partial charge in [0.1, 0.15) is 11.6 Å². The van der Waals surface area contributed by atoms with Gasteiger partial charge in [-0.25, -0.2) is 0 Å². The molecular formula is C14H15N5O. The fourth-order valence-corrected chi connectivity index (χ4v) is 2.74. The number of hydrogen-bond acceptors (Lipinski definition) is 4. The van der Waals surface area contributed by atoms with Gasteiger partial charge < -0.3 is 4.42 Å². The second kappa shape index (κ2) is 3.82. The first-order valence-corrected chi connectivity index (χ1v) is 6.87. The maximum Gasteiger partial charge on any atom is 0.202 e. The van der Waals surface area contributed by atoms with Crippen LogP contribution in [0.3, 0.4) is 0 Å². The standard InChI is InChI=1S/C14H15N5O/c1-4-12-15-16-14-10-7-11-9(6-8(3)20-11)18(10)13(5-2)17-19(12)14/h6-7H,4-5H2,1-3H3. The van der Waals surface area contributed by atoms with Crippen molar-refractivity contribution in [1.29, 1.82) is 0 Å². The number of hydrogen-bond donors (Lipinski definition) is 0. The third-order valence-corrected chi connectivity index (χ3v) is 3.65. The van der Waals surface area contributed by atoms with Crippen LogP contribution in [0.2, 0.25) is 0 Å². The summed E-state index contributed by atoms with van der Waals surface area (Å²) in [4.78, 5) is 0. The summed E-state index contributed by atoms with van der Waals surface area (Å²) in [6, 6.07) is 4.06. The Bertz CT molecular complexity index is 943. The van der Waals surface area contributed by atoms with E-state index >= 15 is 0 Å². The highest BCUT2D eigenvalue weighted by molar-refractivity contribution is 5.89. The first-order valence-electron chi connectivity index (χ1n) is 6.87. The van der Waals surface area contributed by atoms with Crippen LogP contribution in [0.5, 0.6) is 0 Å². The van der Waals surface area contributed by atoms with Crippen molar-refractivity contribution in [2.75, 3.05) is 0 Å². The van der Waals surface area contributed by atoms with Crippen molar-refractivity contribution in [1.82, 2.24) is 24.2 Å². The molecule has 102 valence electrons. The van der Waals surface area contributed by atoms with E-state index in [1.54, 1.807) is 0 Å². The molecule has 0 fully saturated rings. The van der Waals surface area contributed by atoms with Gasteiger partial charge in [-0.3, -0.25) is 4.40 Å². The van der Waals surface area contributed by atoms with E-state index in [9.17, 15) is 0 Å². The zero-order valence-corrected chi connectivity index (χ0v) is 11.7. The Hall–Kier alpha value is -2.37. The molecule has 0 aromatic carbocycles. The Morgan fingerprint density at radius 3 is 2.60 bits per heavy atom. The molecule has 0 unspecified atom stereocenters. The van der Waals surface area contributed by atoms with E-state index < -0.39 is 0 Å². The Labute approximate surface area is 115 Å². The van der Waals surface area contributed by atoms with Gasteiger partial charge in [0.2, 0.25) is 5.65 Å². The molecular weight excluding hydrogens is 254 g/mol. The predicted molar refractivity (Wildman–Crippen MR) is 75.0 cm³/mol. The van der Waals surface area contributed by atoms with Crippen molar-refractivity contribution >= 4 is 22.3 Å². The summed E-state index contributed by atoms with van der Waals surface area (Å²) in [5, 5.41) is 13.2. The zero-order chi connectivity index (χ0) is 13.9. The van der Waals surface area contributed by atoms with E-state index in [-0.39, 0.29) is 0 Å². The quantitative estimate of drug-likeness (QED) is 0.561. The average molecular weight is 269 g/mol. The van der Waals surface area contributed by atoms with Gasteiger partial charge in [0.15, 0.2) is 11.4 Å². The van der Waals surface area contributed by atoms with Crippen molar-refractivity contribution in [3.8, 4) is 0 Å². The van der Waals surface area contributed by atoms with Crippen LogP contribution < -0.4 is 0 Å². The van der Waals surface area contributed by atoms with E-state index in [1.807, 2.05) is 23.6 Å². The van der Waals surface area contributed by atoms with Crippen molar-refractivity contribution in [2.24, 2.45) is 0 Å². The van der Waals surface area contributed by atoms with Crippen LogP contribution in [0.1, 0.15) is 31.3 Å². The number of aryl methyl sites for hydroxylation is 3. The highest BCUT2D eigenvalue weighted by Crippen LogP contribution is 2.27. The van der Waals surface area contributed by atoms with E-state index in [1.165, 1.54) is 0 Å². The van der Waals surface area contributed by atoms with E-state index in [0.29, 0.717) is 0 Å². The van der Waals surface area contributed by atoms with E-state index in [0.717, 1.165) is 52.5 Å².